The molecule has 4 rings (SSSR count). The normalized spacial score (nSPS) is 19.7. The lowest BCUT2D eigenvalue weighted by Gasteiger charge is -2.43. The third kappa shape index (κ3) is 64.1. The van der Waals surface area contributed by atoms with E-state index >= 15 is 0 Å². The zero-order valence-electron chi connectivity index (χ0n) is 90.4. The van der Waals surface area contributed by atoms with Gasteiger partial charge in [-0.2, -0.15) is 5.26 Å². The lowest BCUT2D eigenvalue weighted by atomic mass is 9.92. The Balaban J connectivity index is 1.29. The molecule has 2 fully saturated rings. The average molecular weight is 2040 g/mol. The molecule has 14 N–H and O–H groups in total. The van der Waals surface area contributed by atoms with E-state index in [-0.39, 0.29) is 30.2 Å². The summed E-state index contributed by atoms with van der Waals surface area (Å²) >= 11 is 11.0. The van der Waals surface area contributed by atoms with Gasteiger partial charge in [-0.1, -0.05) is 476 Å². The number of nitrogens with one attached hydrogen (secondary N) is 4. The third-order valence-corrected chi connectivity index (χ3v) is 30.1. The van der Waals surface area contributed by atoms with Crippen LogP contribution in [-0.2, 0) is 28.4 Å². The number of methoxy groups -OCH3 is 2. The number of benzene rings is 2. The van der Waals surface area contributed by atoms with Crippen molar-refractivity contribution in [3.05, 3.63) is 48.0 Å². The molecule has 0 aromatic heterocycles. The fourth-order valence-corrected chi connectivity index (χ4v) is 20.6. The Labute approximate surface area is 875 Å². The second kappa shape index (κ2) is 90.0. The van der Waals surface area contributed by atoms with Gasteiger partial charge in [0.25, 0.3) is 10.3 Å². The standard InChI is InChI=1S/C117H213N5O18S2/c1-6-9-12-15-18-21-24-27-29-31-33-35-37-39-41-43-45-47-51-56-61-66-71-76-86-119-98(91-135-114-112(131)110(129)108(127)103(139-114)92-137-117(142)122-97-85-84-96(133-4)89-102(97)134-5)106(125)99(123)81-73-68-63-58-54-49-50-55-60-65-70-75-83-101(138-115-113(132)111(130)109(128)104(140-115)93-136-116(141)121-95-80-78-79-94(88-95)90-118)105(107(126)100(124)82-74-69-64-59-53-26-23-20-17-14-11-8-3)120-87-77-72-67-62-57-52-48-46-44-42-40-38-36-34-32-30-28-25-22-19-16-13-10-7-2/h78-80,84-85,88-89,98-101,103-115,119-120,123-132H,6-77,81-83,86-87,91-93H2,1-5H3,(H,121,141)(H,122,142)/t98?,99?,100-,101?,103-,104-,105-,106?,107-,108+,109+,110+,111+,112-,113-,114+,115+/m1/s1. The topological polar surface area (TPSA) is 348 Å². The summed E-state index contributed by atoms with van der Waals surface area (Å²) < 4.78 is 47.8. The first-order valence-corrected chi connectivity index (χ1v) is 59.7. The van der Waals surface area contributed by atoms with Crippen molar-refractivity contribution in [3.8, 4) is 17.6 Å². The van der Waals surface area contributed by atoms with Crippen LogP contribution in [0.1, 0.15) is 508 Å². The molecule has 25 heteroatoms. The molecule has 826 valence electrons. The number of hydrogen-bond donors (Lipinski definition) is 14. The number of anilines is 2. The number of aliphatic hydroxyl groups is 10. The number of aliphatic hydroxyl groups excluding tert-OH is 10. The molecule has 2 aliphatic rings. The Morgan fingerprint density at radius 1 is 0.359 bits per heavy atom. The summed E-state index contributed by atoms with van der Waals surface area (Å²) in [5, 5.41) is 138. The molecular weight excluding hydrogens is 1830 g/mol. The minimum atomic E-state index is -1.67. The predicted molar refractivity (Wildman–Crippen MR) is 590 cm³/mol. The number of hydrogen-bond acceptors (Lipinski definition) is 23. The molecule has 0 radical (unpaired) electrons. The van der Waals surface area contributed by atoms with E-state index in [4.69, 9.17) is 62.3 Å². The van der Waals surface area contributed by atoms with Gasteiger partial charge in [0.15, 0.2) is 12.6 Å². The molecule has 142 heavy (non-hydrogen) atoms. The van der Waals surface area contributed by atoms with Crippen LogP contribution in [0, 0.1) is 11.3 Å². The van der Waals surface area contributed by atoms with E-state index in [1.165, 1.54) is 328 Å². The number of unbranched alkanes of at least 4 members (excludes halogenated alkanes) is 68. The monoisotopic (exact) mass is 2040 g/mol. The van der Waals surface area contributed by atoms with Crippen LogP contribution in [0.2, 0.25) is 0 Å². The van der Waals surface area contributed by atoms with Gasteiger partial charge in [0, 0.05) is 11.8 Å². The average Bonchev–Trinajstić information content (AvgIpc) is 0.811. The fraction of sp³-hybridized carbons (Fsp3) is 0.872. The lowest BCUT2D eigenvalue weighted by Crippen LogP contribution is -2.62. The summed E-state index contributed by atoms with van der Waals surface area (Å²) in [6, 6.07) is 12.5. The van der Waals surface area contributed by atoms with E-state index < -0.39 is 104 Å². The fourth-order valence-electron chi connectivity index (χ4n) is 20.2. The molecule has 17 atom stereocenters. The molecule has 2 aromatic carbocycles. The van der Waals surface area contributed by atoms with Crippen LogP contribution in [0.5, 0.6) is 11.5 Å². The van der Waals surface area contributed by atoms with Gasteiger partial charge in [0.2, 0.25) is 0 Å². The molecule has 0 bridgehead atoms. The Bertz CT molecular complexity index is 3270. The Morgan fingerprint density at radius 2 is 0.683 bits per heavy atom. The quantitative estimate of drug-likeness (QED) is 0.0216. The molecule has 2 aliphatic heterocycles. The van der Waals surface area contributed by atoms with Crippen molar-refractivity contribution in [2.24, 2.45) is 0 Å². The van der Waals surface area contributed by atoms with Gasteiger partial charge in [0.1, 0.15) is 73.5 Å². The van der Waals surface area contributed by atoms with Crippen LogP contribution in [0.3, 0.4) is 0 Å². The van der Waals surface area contributed by atoms with Crippen molar-refractivity contribution in [3.63, 3.8) is 0 Å². The second-order valence-electron chi connectivity index (χ2n) is 42.2. The van der Waals surface area contributed by atoms with E-state index in [1.54, 1.807) is 49.6 Å². The van der Waals surface area contributed by atoms with Crippen LogP contribution >= 0.6 is 24.4 Å². The molecule has 0 spiro atoms. The van der Waals surface area contributed by atoms with Gasteiger partial charge in [-0.15, -0.1) is 0 Å². The SMILES string of the molecule is CCCCCCCCCCCCCCCCCCCCCCCCCCNC(CO[C@H]1O[C@H](COC(=S)Nc2ccc(OC)cc2OC)[C@H](O)[C@H](O)[C@H]1O)C(O)C(O)CCCCCCCCCCCCCCC(O[C@H]1O[C@H](COC(=S)Nc2cccc(C#N)c2)[C@H](O)[C@H](O)[C@H]1O)[C@@H](NCCCCCCCCCCCCCCCCCCCCCCCCCC)[C@H](O)[C@H](O)CCCCCCCCCCCCCC. The largest absolute Gasteiger partial charge is 0.497 e. The van der Waals surface area contributed by atoms with Gasteiger partial charge in [-0.25, -0.2) is 0 Å². The van der Waals surface area contributed by atoms with Crippen molar-refractivity contribution in [2.75, 3.05) is 57.8 Å². The maximum absolute atomic E-state index is 12.5. The van der Waals surface area contributed by atoms with Crippen molar-refractivity contribution in [1.29, 1.82) is 5.26 Å². The highest BCUT2D eigenvalue weighted by Crippen LogP contribution is 2.33. The molecule has 4 unspecified atom stereocenters. The lowest BCUT2D eigenvalue weighted by molar-refractivity contribution is -0.314. The smallest absolute Gasteiger partial charge is 0.261 e. The maximum Gasteiger partial charge on any atom is 0.261 e. The molecule has 2 heterocycles. The molecule has 0 amide bonds. The maximum atomic E-state index is 12.5. The van der Waals surface area contributed by atoms with Crippen molar-refractivity contribution >= 4 is 46.2 Å². The number of rotatable bonds is 98. The predicted octanol–water partition coefficient (Wildman–Crippen LogP) is 26.4. The Hall–Kier alpha value is -3.73. The zero-order valence-corrected chi connectivity index (χ0v) is 92.1. The van der Waals surface area contributed by atoms with Gasteiger partial charge >= 0.3 is 0 Å². The highest BCUT2D eigenvalue weighted by Gasteiger charge is 2.48. The molecule has 0 aliphatic carbocycles. The molecule has 23 nitrogen and oxygen atoms in total. The first-order valence-electron chi connectivity index (χ1n) is 58.9. The summed E-state index contributed by atoms with van der Waals surface area (Å²) in [6.45, 7) is 7.21. The number of nitrogens with zero attached hydrogens (tertiary/aromatic N) is 1. The Morgan fingerprint density at radius 3 is 1.04 bits per heavy atom. The molecule has 2 saturated heterocycles. The van der Waals surface area contributed by atoms with Gasteiger partial charge in [0.05, 0.1) is 80.8 Å². The molecule has 0 saturated carbocycles. The second-order valence-corrected chi connectivity index (χ2v) is 42.9. The molecular formula is C117H213N5O18S2. The first-order chi connectivity index (χ1) is 69.4. The van der Waals surface area contributed by atoms with E-state index in [2.05, 4.69) is 48.1 Å². The van der Waals surface area contributed by atoms with Gasteiger partial charge < -0.3 is 110 Å². The van der Waals surface area contributed by atoms with Crippen molar-refractivity contribution < 1.29 is 89.0 Å². The zero-order chi connectivity index (χ0) is 103. The van der Waals surface area contributed by atoms with Crippen molar-refractivity contribution in [2.45, 2.75) is 606 Å². The third-order valence-electron chi connectivity index (χ3n) is 29.6. The van der Waals surface area contributed by atoms with E-state index in [0.717, 1.165) is 141 Å². The minimum absolute atomic E-state index is 0.0486. The number of thiocarbonyl (C=S) groups is 2. The van der Waals surface area contributed by atoms with E-state index in [0.29, 0.717) is 60.8 Å². The van der Waals surface area contributed by atoms with Crippen molar-refractivity contribution in [1.82, 2.24) is 10.6 Å². The van der Waals surface area contributed by atoms with Gasteiger partial charge in [-0.3, -0.25) is 0 Å². The van der Waals surface area contributed by atoms with E-state index in [9.17, 15) is 56.3 Å². The van der Waals surface area contributed by atoms with Crippen LogP contribution < -0.4 is 30.7 Å². The number of nitriles is 1. The van der Waals surface area contributed by atoms with Crippen LogP contribution in [0.4, 0.5) is 11.4 Å². The van der Waals surface area contributed by atoms with Crippen LogP contribution in [0.25, 0.3) is 0 Å². The summed E-state index contributed by atoms with van der Waals surface area (Å²) in [6.07, 6.45) is 69.9. The summed E-state index contributed by atoms with van der Waals surface area (Å²) in [4.78, 5) is 0. The summed E-state index contributed by atoms with van der Waals surface area (Å²) in [7, 11) is 3.07. The summed E-state index contributed by atoms with van der Waals surface area (Å²) in [5.41, 5.74) is 1.47. The summed E-state index contributed by atoms with van der Waals surface area (Å²) in [5.74, 6) is 1.04. The number of ether oxygens (including phenoxy) is 8. The van der Waals surface area contributed by atoms with E-state index in [1.807, 2.05) is 0 Å². The first kappa shape index (κ1) is 131. The van der Waals surface area contributed by atoms with Crippen LogP contribution in [0.15, 0.2) is 42.5 Å². The highest BCUT2D eigenvalue weighted by atomic mass is 32.1. The highest BCUT2D eigenvalue weighted by molar-refractivity contribution is 7.80. The van der Waals surface area contributed by atoms with Gasteiger partial charge in [-0.05, 0) is 100.0 Å². The van der Waals surface area contributed by atoms with Crippen LogP contribution in [-0.4, -0.2) is 213 Å². The Kier molecular flexibility index (Phi) is 82.8. The minimum Gasteiger partial charge on any atom is -0.497 e. The molecule has 2 aromatic rings.